The van der Waals surface area contributed by atoms with Crippen molar-refractivity contribution in [2.75, 3.05) is 12.4 Å². The van der Waals surface area contributed by atoms with E-state index in [1.54, 1.807) is 0 Å². The van der Waals surface area contributed by atoms with Crippen LogP contribution in [0.25, 0.3) is 0 Å². The third-order valence-corrected chi connectivity index (χ3v) is 3.94. The first-order chi connectivity index (χ1) is 7.03. The minimum atomic E-state index is -0.410. The van der Waals surface area contributed by atoms with Crippen LogP contribution in [0, 0.1) is 5.41 Å². The molecule has 1 fully saturated rings. The van der Waals surface area contributed by atoms with Crippen molar-refractivity contribution in [3.05, 3.63) is 0 Å². The Labute approximate surface area is 98.0 Å². The van der Waals surface area contributed by atoms with Crippen LogP contribution in [0.4, 0.5) is 0 Å². The first kappa shape index (κ1) is 12.8. The molecule has 88 valence electrons. The average molecular weight is 232 g/mol. The molecule has 0 aliphatic carbocycles. The highest BCUT2D eigenvalue weighted by Gasteiger charge is 2.35. The van der Waals surface area contributed by atoms with Crippen LogP contribution < -0.4 is 0 Å². The number of piperidine rings is 1. The van der Waals surface area contributed by atoms with E-state index in [1.165, 1.54) is 6.42 Å². The average Bonchev–Trinajstić information content (AvgIpc) is 2.28. The van der Waals surface area contributed by atoms with Crippen molar-refractivity contribution in [1.29, 1.82) is 0 Å². The highest BCUT2D eigenvalue weighted by atomic mass is 35.5. The predicted molar refractivity (Wildman–Crippen MR) is 64.1 cm³/mol. The predicted octanol–water partition coefficient (Wildman–Crippen LogP) is 3.04. The summed E-state index contributed by atoms with van der Waals surface area (Å²) in [6.45, 7) is 6.94. The maximum Gasteiger partial charge on any atom is 0.229 e. The van der Waals surface area contributed by atoms with E-state index in [9.17, 15) is 4.79 Å². The maximum absolute atomic E-state index is 12.3. The zero-order valence-corrected chi connectivity index (χ0v) is 10.8. The molecule has 1 rings (SSSR count). The Bertz CT molecular complexity index is 228. The molecule has 1 aliphatic heterocycles. The van der Waals surface area contributed by atoms with E-state index in [0.29, 0.717) is 11.9 Å². The number of carbonyl (C=O) groups is 1. The number of nitrogens with zero attached hydrogens (tertiary/aromatic N) is 1. The van der Waals surface area contributed by atoms with Crippen LogP contribution in [0.5, 0.6) is 0 Å². The van der Waals surface area contributed by atoms with E-state index in [1.807, 2.05) is 18.7 Å². The molecular formula is C12H22ClNO. The smallest absolute Gasteiger partial charge is 0.229 e. The Hall–Kier alpha value is -0.240. The lowest BCUT2D eigenvalue weighted by molar-refractivity contribution is -0.143. The van der Waals surface area contributed by atoms with Gasteiger partial charge in [0.2, 0.25) is 5.91 Å². The van der Waals surface area contributed by atoms with Crippen LogP contribution in [-0.4, -0.2) is 29.3 Å². The van der Waals surface area contributed by atoms with Crippen molar-refractivity contribution >= 4 is 17.5 Å². The molecular weight excluding hydrogens is 210 g/mol. The number of amides is 1. The van der Waals surface area contributed by atoms with Crippen LogP contribution in [0.15, 0.2) is 0 Å². The van der Waals surface area contributed by atoms with E-state index >= 15 is 0 Å². The summed E-state index contributed by atoms with van der Waals surface area (Å²) in [5.74, 6) is 0.628. The van der Waals surface area contributed by atoms with Gasteiger partial charge in [-0.25, -0.2) is 0 Å². The number of carbonyl (C=O) groups excluding carboxylic acids is 1. The summed E-state index contributed by atoms with van der Waals surface area (Å²) in [4.78, 5) is 14.3. The van der Waals surface area contributed by atoms with E-state index in [-0.39, 0.29) is 5.91 Å². The summed E-state index contributed by atoms with van der Waals surface area (Å²) in [5, 5.41) is 0. The molecule has 0 aromatic carbocycles. The molecule has 1 heterocycles. The van der Waals surface area contributed by atoms with Gasteiger partial charge in [-0.2, -0.15) is 0 Å². The minimum absolute atomic E-state index is 0.226. The van der Waals surface area contributed by atoms with Gasteiger partial charge in [-0.3, -0.25) is 4.79 Å². The van der Waals surface area contributed by atoms with Gasteiger partial charge in [0.25, 0.3) is 0 Å². The minimum Gasteiger partial charge on any atom is -0.339 e. The lowest BCUT2D eigenvalue weighted by atomic mass is 9.90. The lowest BCUT2D eigenvalue weighted by Crippen LogP contribution is -2.49. The second kappa shape index (κ2) is 5.20. The molecule has 0 aromatic heterocycles. The topological polar surface area (TPSA) is 20.3 Å². The Morgan fingerprint density at radius 3 is 2.67 bits per heavy atom. The number of likely N-dealkylation sites (tertiary alicyclic amines) is 1. The number of hydrogen-bond donors (Lipinski definition) is 0. The summed E-state index contributed by atoms with van der Waals surface area (Å²) >= 11 is 5.85. The van der Waals surface area contributed by atoms with Crippen molar-refractivity contribution in [1.82, 2.24) is 4.90 Å². The number of halogens is 1. The van der Waals surface area contributed by atoms with Gasteiger partial charge in [0.05, 0.1) is 5.41 Å². The molecule has 0 N–H and O–H groups in total. The lowest BCUT2D eigenvalue weighted by Gasteiger charge is -2.39. The second-order valence-corrected chi connectivity index (χ2v) is 5.34. The van der Waals surface area contributed by atoms with Crippen LogP contribution in [-0.2, 0) is 4.79 Å². The fraction of sp³-hybridized carbons (Fsp3) is 0.917. The molecule has 1 unspecified atom stereocenters. The van der Waals surface area contributed by atoms with Crippen molar-refractivity contribution < 1.29 is 4.79 Å². The molecule has 0 radical (unpaired) electrons. The fourth-order valence-corrected chi connectivity index (χ4v) is 2.25. The third-order valence-electron chi connectivity index (χ3n) is 3.27. The zero-order chi connectivity index (χ0) is 11.5. The number of rotatable bonds is 3. The molecule has 0 saturated carbocycles. The molecule has 1 saturated heterocycles. The number of hydrogen-bond acceptors (Lipinski definition) is 1. The van der Waals surface area contributed by atoms with E-state index in [2.05, 4.69) is 6.92 Å². The van der Waals surface area contributed by atoms with Crippen molar-refractivity contribution in [2.24, 2.45) is 5.41 Å². The Kier molecular flexibility index (Phi) is 4.45. The van der Waals surface area contributed by atoms with Crippen LogP contribution in [0.3, 0.4) is 0 Å². The van der Waals surface area contributed by atoms with Gasteiger partial charge in [-0.15, -0.1) is 11.6 Å². The second-order valence-electron chi connectivity index (χ2n) is 5.07. The van der Waals surface area contributed by atoms with Gasteiger partial charge < -0.3 is 4.90 Å². The van der Waals surface area contributed by atoms with Crippen molar-refractivity contribution in [3.63, 3.8) is 0 Å². The summed E-state index contributed by atoms with van der Waals surface area (Å²) in [5.41, 5.74) is -0.410. The molecule has 1 amide bonds. The van der Waals surface area contributed by atoms with E-state index < -0.39 is 5.41 Å². The van der Waals surface area contributed by atoms with Gasteiger partial charge in [-0.1, -0.05) is 6.92 Å². The normalized spacial score (nSPS) is 22.9. The molecule has 3 heteroatoms. The molecule has 1 atom stereocenters. The van der Waals surface area contributed by atoms with Gasteiger partial charge >= 0.3 is 0 Å². The fourth-order valence-electron chi connectivity index (χ4n) is 2.14. The quantitative estimate of drug-likeness (QED) is 0.684. The summed E-state index contributed by atoms with van der Waals surface area (Å²) in [6.07, 6.45) is 4.61. The highest BCUT2D eigenvalue weighted by Crippen LogP contribution is 2.27. The van der Waals surface area contributed by atoms with Gasteiger partial charge in [0.1, 0.15) is 0 Å². The van der Waals surface area contributed by atoms with Crippen molar-refractivity contribution in [3.8, 4) is 0 Å². The monoisotopic (exact) mass is 231 g/mol. The van der Waals surface area contributed by atoms with Gasteiger partial charge in [0, 0.05) is 18.5 Å². The van der Waals surface area contributed by atoms with Gasteiger partial charge in [0.15, 0.2) is 0 Å². The van der Waals surface area contributed by atoms with Crippen molar-refractivity contribution in [2.45, 2.75) is 52.5 Å². The summed E-state index contributed by atoms with van der Waals surface area (Å²) in [7, 11) is 0. The van der Waals surface area contributed by atoms with E-state index in [0.717, 1.165) is 25.8 Å². The van der Waals surface area contributed by atoms with Crippen LogP contribution >= 0.6 is 11.6 Å². The zero-order valence-electron chi connectivity index (χ0n) is 10.1. The Balaban J connectivity index is 2.72. The third kappa shape index (κ3) is 2.87. The largest absolute Gasteiger partial charge is 0.339 e. The standard InChI is InChI=1S/C12H22ClNO/c1-4-10-7-5-6-8-14(10)11(15)12(2,3)9-13/h10H,4-9H2,1-3H3. The molecule has 0 bridgehead atoms. The molecule has 2 nitrogen and oxygen atoms in total. The van der Waals surface area contributed by atoms with Gasteiger partial charge in [-0.05, 0) is 39.5 Å². The SMILES string of the molecule is CCC1CCCCN1C(=O)C(C)(C)CCl. The van der Waals surface area contributed by atoms with Crippen LogP contribution in [0.2, 0.25) is 0 Å². The first-order valence-electron chi connectivity index (χ1n) is 5.90. The molecule has 15 heavy (non-hydrogen) atoms. The Morgan fingerprint density at radius 1 is 1.47 bits per heavy atom. The summed E-state index contributed by atoms with van der Waals surface area (Å²) in [6, 6.07) is 0.439. The Morgan fingerprint density at radius 2 is 2.13 bits per heavy atom. The maximum atomic E-state index is 12.3. The van der Waals surface area contributed by atoms with E-state index in [4.69, 9.17) is 11.6 Å². The number of alkyl halides is 1. The highest BCUT2D eigenvalue weighted by molar-refractivity contribution is 6.19. The molecule has 0 spiro atoms. The van der Waals surface area contributed by atoms with Crippen LogP contribution in [0.1, 0.15) is 46.5 Å². The first-order valence-corrected chi connectivity index (χ1v) is 6.43. The molecule has 0 aromatic rings. The summed E-state index contributed by atoms with van der Waals surface area (Å²) < 4.78 is 0. The molecule has 1 aliphatic rings.